The van der Waals surface area contributed by atoms with Crippen LogP contribution in [0, 0.1) is 5.41 Å². The minimum Gasteiger partial charge on any atom is -0.362 e. The van der Waals surface area contributed by atoms with Crippen LogP contribution in [0.1, 0.15) is 34.1 Å². The molecule has 1 saturated heterocycles. The Bertz CT molecular complexity index is 297. The molecule has 5 heteroatoms. The molecule has 0 aromatic rings. The Kier molecular flexibility index (Phi) is 5.31. The molecule has 0 aromatic carbocycles. The largest absolute Gasteiger partial charge is 0.362 e. The Balaban J connectivity index is 2.49. The topological polar surface area (TPSA) is 53.5 Å². The predicted octanol–water partition coefficient (Wildman–Crippen LogP) is 1.62. The summed E-state index contributed by atoms with van der Waals surface area (Å²) >= 11 is 1.70. The van der Waals surface area contributed by atoms with Gasteiger partial charge in [0.1, 0.15) is 6.54 Å². The Morgan fingerprint density at radius 2 is 2.29 bits per heavy atom. The first-order valence-electron chi connectivity index (χ1n) is 6.14. The summed E-state index contributed by atoms with van der Waals surface area (Å²) in [5.41, 5.74) is 0.230. The number of hydrogen-bond acceptors (Lipinski definition) is 3. The molecule has 1 atom stereocenters. The van der Waals surface area contributed by atoms with E-state index in [0.29, 0.717) is 12.6 Å². The van der Waals surface area contributed by atoms with E-state index in [9.17, 15) is 4.79 Å². The Hall–Kier alpha value is -0.710. The standard InChI is InChI=1S/C12H23N3OS/c1-5-13-10(16)8-14-11-15-9(6-7-17-11)12(2,3)4/h9H,5-8H2,1-4H3,(H,13,16)(H,14,15). The molecular formula is C12H23N3OS. The maximum absolute atomic E-state index is 11.3. The summed E-state index contributed by atoms with van der Waals surface area (Å²) in [6.45, 7) is 9.47. The SMILES string of the molecule is CCNC(=O)CN=C1NC(C(C)(C)C)CCS1. The lowest BCUT2D eigenvalue weighted by molar-refractivity contribution is -0.119. The monoisotopic (exact) mass is 257 g/mol. The van der Waals surface area contributed by atoms with Gasteiger partial charge in [0.05, 0.1) is 0 Å². The highest BCUT2D eigenvalue weighted by Crippen LogP contribution is 2.27. The van der Waals surface area contributed by atoms with Crippen LogP contribution in [-0.4, -0.2) is 36.0 Å². The molecule has 17 heavy (non-hydrogen) atoms. The minimum absolute atomic E-state index is 0.0136. The lowest BCUT2D eigenvalue weighted by Gasteiger charge is -2.35. The number of rotatable bonds is 3. The van der Waals surface area contributed by atoms with E-state index in [1.54, 1.807) is 11.8 Å². The molecule has 0 aliphatic carbocycles. The summed E-state index contributed by atoms with van der Waals surface area (Å²) < 4.78 is 0. The fourth-order valence-electron chi connectivity index (χ4n) is 1.67. The van der Waals surface area contributed by atoms with Gasteiger partial charge in [0.25, 0.3) is 0 Å². The van der Waals surface area contributed by atoms with Crippen molar-refractivity contribution in [2.75, 3.05) is 18.8 Å². The number of amidine groups is 1. The summed E-state index contributed by atoms with van der Waals surface area (Å²) in [5, 5.41) is 7.07. The summed E-state index contributed by atoms with van der Waals surface area (Å²) in [4.78, 5) is 15.6. The number of carbonyl (C=O) groups is 1. The van der Waals surface area contributed by atoms with E-state index >= 15 is 0 Å². The lowest BCUT2D eigenvalue weighted by Crippen LogP contribution is -2.46. The predicted molar refractivity (Wildman–Crippen MR) is 74.4 cm³/mol. The third kappa shape index (κ3) is 4.98. The number of likely N-dealkylation sites (N-methyl/N-ethyl adjacent to an activating group) is 1. The number of nitrogens with zero attached hydrogens (tertiary/aromatic N) is 1. The molecule has 2 N–H and O–H groups in total. The first kappa shape index (κ1) is 14.4. The molecule has 4 nitrogen and oxygen atoms in total. The van der Waals surface area contributed by atoms with E-state index < -0.39 is 0 Å². The van der Waals surface area contributed by atoms with Gasteiger partial charge in [-0.05, 0) is 18.8 Å². The molecule has 0 spiro atoms. The zero-order chi connectivity index (χ0) is 12.9. The van der Waals surface area contributed by atoms with Gasteiger partial charge in [-0.1, -0.05) is 32.5 Å². The van der Waals surface area contributed by atoms with Gasteiger partial charge in [-0.2, -0.15) is 0 Å². The zero-order valence-electron chi connectivity index (χ0n) is 11.2. The summed E-state index contributed by atoms with van der Waals surface area (Å²) in [6, 6.07) is 0.441. The first-order chi connectivity index (χ1) is 7.93. The minimum atomic E-state index is -0.0136. The molecule has 0 saturated carbocycles. The van der Waals surface area contributed by atoms with Crippen molar-refractivity contribution < 1.29 is 4.79 Å². The maximum atomic E-state index is 11.3. The van der Waals surface area contributed by atoms with Gasteiger partial charge < -0.3 is 10.6 Å². The molecule has 1 unspecified atom stereocenters. The van der Waals surface area contributed by atoms with Crippen LogP contribution in [-0.2, 0) is 4.79 Å². The van der Waals surface area contributed by atoms with Crippen molar-refractivity contribution >= 4 is 22.8 Å². The van der Waals surface area contributed by atoms with E-state index in [1.807, 2.05) is 6.92 Å². The van der Waals surface area contributed by atoms with Crippen molar-refractivity contribution in [1.29, 1.82) is 0 Å². The summed E-state index contributed by atoms with van der Waals surface area (Å²) in [5.74, 6) is 1.06. The van der Waals surface area contributed by atoms with Crippen LogP contribution >= 0.6 is 11.8 Å². The smallest absolute Gasteiger partial charge is 0.241 e. The van der Waals surface area contributed by atoms with Gasteiger partial charge in [0, 0.05) is 18.3 Å². The quantitative estimate of drug-likeness (QED) is 0.808. The fourth-order valence-corrected chi connectivity index (χ4v) is 2.60. The van der Waals surface area contributed by atoms with E-state index in [2.05, 4.69) is 36.4 Å². The van der Waals surface area contributed by atoms with Gasteiger partial charge >= 0.3 is 0 Å². The maximum Gasteiger partial charge on any atom is 0.241 e. The second-order valence-corrected chi connectivity index (χ2v) is 6.36. The highest BCUT2D eigenvalue weighted by atomic mass is 32.2. The summed E-state index contributed by atoms with van der Waals surface area (Å²) in [6.07, 6.45) is 1.15. The second-order valence-electron chi connectivity index (χ2n) is 5.27. The van der Waals surface area contributed by atoms with E-state index in [1.165, 1.54) is 0 Å². The van der Waals surface area contributed by atoms with Gasteiger partial charge in [0.15, 0.2) is 5.17 Å². The Morgan fingerprint density at radius 3 is 2.88 bits per heavy atom. The molecule has 1 aliphatic heterocycles. The van der Waals surface area contributed by atoms with Crippen LogP contribution in [0.15, 0.2) is 4.99 Å². The molecular weight excluding hydrogens is 234 g/mol. The van der Waals surface area contributed by atoms with Crippen LogP contribution < -0.4 is 10.6 Å². The molecule has 1 aliphatic rings. The number of thioether (sulfide) groups is 1. The normalized spacial score (nSPS) is 23.3. The highest BCUT2D eigenvalue weighted by molar-refractivity contribution is 8.13. The molecule has 0 bridgehead atoms. The molecule has 0 radical (unpaired) electrons. The van der Waals surface area contributed by atoms with Crippen LogP contribution in [0.4, 0.5) is 0 Å². The molecule has 1 fully saturated rings. The van der Waals surface area contributed by atoms with Crippen molar-refractivity contribution in [1.82, 2.24) is 10.6 Å². The van der Waals surface area contributed by atoms with Crippen LogP contribution in [0.3, 0.4) is 0 Å². The van der Waals surface area contributed by atoms with Gasteiger partial charge in [-0.25, -0.2) is 0 Å². The average Bonchev–Trinajstić information content (AvgIpc) is 2.26. The second kappa shape index (κ2) is 6.28. The molecule has 1 amide bonds. The van der Waals surface area contributed by atoms with E-state index in [4.69, 9.17) is 0 Å². The zero-order valence-corrected chi connectivity index (χ0v) is 12.0. The van der Waals surface area contributed by atoms with Crippen LogP contribution in [0.2, 0.25) is 0 Å². The first-order valence-corrected chi connectivity index (χ1v) is 7.12. The molecule has 1 heterocycles. The average molecular weight is 257 g/mol. The Morgan fingerprint density at radius 1 is 1.59 bits per heavy atom. The number of nitrogens with one attached hydrogen (secondary N) is 2. The van der Waals surface area contributed by atoms with Crippen molar-refractivity contribution in [3.05, 3.63) is 0 Å². The van der Waals surface area contributed by atoms with Crippen molar-refractivity contribution in [3.8, 4) is 0 Å². The van der Waals surface area contributed by atoms with Crippen molar-refractivity contribution in [3.63, 3.8) is 0 Å². The van der Waals surface area contributed by atoms with Crippen molar-refractivity contribution in [2.24, 2.45) is 10.4 Å². The van der Waals surface area contributed by atoms with Gasteiger partial charge in [-0.15, -0.1) is 0 Å². The number of hydrogen-bond donors (Lipinski definition) is 2. The van der Waals surface area contributed by atoms with Crippen LogP contribution in [0.25, 0.3) is 0 Å². The summed E-state index contributed by atoms with van der Waals surface area (Å²) in [7, 11) is 0. The van der Waals surface area contributed by atoms with Gasteiger partial charge in [-0.3, -0.25) is 9.79 Å². The van der Waals surface area contributed by atoms with E-state index in [-0.39, 0.29) is 17.9 Å². The molecule has 98 valence electrons. The van der Waals surface area contributed by atoms with Crippen LogP contribution in [0.5, 0.6) is 0 Å². The number of carbonyl (C=O) groups excluding carboxylic acids is 1. The van der Waals surface area contributed by atoms with Crippen molar-refractivity contribution in [2.45, 2.75) is 40.2 Å². The third-order valence-corrected chi connectivity index (χ3v) is 3.69. The Labute approximate surface area is 108 Å². The molecule has 1 rings (SSSR count). The lowest BCUT2D eigenvalue weighted by atomic mass is 9.85. The highest BCUT2D eigenvalue weighted by Gasteiger charge is 2.28. The van der Waals surface area contributed by atoms with Gasteiger partial charge in [0.2, 0.25) is 5.91 Å². The fraction of sp³-hybridized carbons (Fsp3) is 0.833. The number of amides is 1. The molecule has 0 aromatic heterocycles. The third-order valence-electron chi connectivity index (χ3n) is 2.73. The number of aliphatic imine (C=N–C) groups is 1. The van der Waals surface area contributed by atoms with E-state index in [0.717, 1.165) is 17.3 Å².